The summed E-state index contributed by atoms with van der Waals surface area (Å²) in [6.45, 7) is 3.83. The second kappa shape index (κ2) is 31.3. The van der Waals surface area contributed by atoms with Gasteiger partial charge in [-0.25, -0.2) is 4.57 Å². The van der Waals surface area contributed by atoms with Crippen LogP contribution in [0.2, 0.25) is 0 Å². The lowest BCUT2D eigenvalue weighted by atomic mass is 10.0. The first-order chi connectivity index (χ1) is 21.8. The standard InChI is InChI=1S/C35H67N2O7P/c1-3-5-7-9-11-13-14-15-16-17-18-19-20-22-24-26-32(38)30-35(40)37-33(31-44-45(41,42)43-29-28-36)34(39)27-25-23-21-12-10-8-6-4-2/h10,12,15-16,25,27,32-34,38-39H,3-9,11,13-14,17-24,26,28-31,36H2,1-2H3,(H,37,40)(H,41,42)/b12-10+,16-15-,27-25+. The Labute approximate surface area is 274 Å². The number of nitrogens with two attached hydrogens (primary N) is 1. The third-order valence-electron chi connectivity index (χ3n) is 7.49. The Bertz CT molecular complexity index is 822. The maximum Gasteiger partial charge on any atom is 0.472 e. The van der Waals surface area contributed by atoms with Crippen LogP contribution in [-0.2, 0) is 18.4 Å². The summed E-state index contributed by atoms with van der Waals surface area (Å²) >= 11 is 0. The molecule has 45 heavy (non-hydrogen) atoms. The molecule has 6 N–H and O–H groups in total. The summed E-state index contributed by atoms with van der Waals surface area (Å²) in [5.41, 5.74) is 5.32. The molecule has 0 rings (SSSR count). The number of hydrogen-bond donors (Lipinski definition) is 5. The van der Waals surface area contributed by atoms with Crippen LogP contribution in [0, 0.1) is 0 Å². The Morgan fingerprint density at radius 2 is 1.29 bits per heavy atom. The Morgan fingerprint density at radius 1 is 0.756 bits per heavy atom. The van der Waals surface area contributed by atoms with Crippen molar-refractivity contribution in [1.82, 2.24) is 5.32 Å². The van der Waals surface area contributed by atoms with Crippen LogP contribution < -0.4 is 11.1 Å². The van der Waals surface area contributed by atoms with Gasteiger partial charge in [0, 0.05) is 6.54 Å². The fourth-order valence-electron chi connectivity index (χ4n) is 4.76. The minimum Gasteiger partial charge on any atom is -0.393 e. The molecular formula is C35H67N2O7P. The molecule has 0 spiro atoms. The van der Waals surface area contributed by atoms with Gasteiger partial charge in [0.05, 0.1) is 37.9 Å². The van der Waals surface area contributed by atoms with Gasteiger partial charge in [0.1, 0.15) is 0 Å². The molecule has 0 aromatic heterocycles. The van der Waals surface area contributed by atoms with Crippen LogP contribution >= 0.6 is 7.82 Å². The third kappa shape index (κ3) is 29.8. The summed E-state index contributed by atoms with van der Waals surface area (Å²) < 4.78 is 21.8. The summed E-state index contributed by atoms with van der Waals surface area (Å²) in [5, 5.41) is 23.7. The maximum absolute atomic E-state index is 12.7. The monoisotopic (exact) mass is 658 g/mol. The first-order valence-electron chi connectivity index (χ1n) is 17.7. The quantitative estimate of drug-likeness (QED) is 0.0279. The normalized spacial score (nSPS) is 15.6. The van der Waals surface area contributed by atoms with Crippen molar-refractivity contribution in [3.63, 3.8) is 0 Å². The van der Waals surface area contributed by atoms with Gasteiger partial charge < -0.3 is 26.2 Å². The Hall–Kier alpha value is -1.32. The zero-order chi connectivity index (χ0) is 33.4. The molecule has 0 saturated heterocycles. The molecule has 4 unspecified atom stereocenters. The average molecular weight is 659 g/mol. The summed E-state index contributed by atoms with van der Waals surface area (Å²) in [6.07, 6.45) is 31.1. The predicted molar refractivity (Wildman–Crippen MR) is 186 cm³/mol. The van der Waals surface area contributed by atoms with Crippen molar-refractivity contribution in [2.75, 3.05) is 19.8 Å². The number of nitrogens with one attached hydrogen (secondary N) is 1. The molecule has 0 aromatic rings. The molecule has 9 nitrogen and oxygen atoms in total. The van der Waals surface area contributed by atoms with E-state index in [9.17, 15) is 24.5 Å². The van der Waals surface area contributed by atoms with Crippen molar-refractivity contribution in [3.8, 4) is 0 Å². The lowest BCUT2D eigenvalue weighted by Crippen LogP contribution is -2.46. The molecule has 0 bridgehead atoms. The van der Waals surface area contributed by atoms with Crippen molar-refractivity contribution in [3.05, 3.63) is 36.5 Å². The van der Waals surface area contributed by atoms with E-state index >= 15 is 0 Å². The number of carbonyl (C=O) groups is 1. The molecule has 264 valence electrons. The zero-order valence-electron chi connectivity index (χ0n) is 28.5. The molecule has 0 saturated carbocycles. The van der Waals surface area contributed by atoms with E-state index in [1.807, 2.05) is 0 Å². The molecule has 0 aliphatic heterocycles. The molecule has 1 amide bonds. The highest BCUT2D eigenvalue weighted by atomic mass is 31.2. The lowest BCUT2D eigenvalue weighted by molar-refractivity contribution is -0.124. The van der Waals surface area contributed by atoms with Gasteiger partial charge >= 0.3 is 7.82 Å². The fraction of sp³-hybridized carbons (Fsp3) is 0.800. The minimum absolute atomic E-state index is 0.0426. The number of unbranched alkanes of at least 4 members (excludes halogenated alkanes) is 14. The summed E-state index contributed by atoms with van der Waals surface area (Å²) in [4.78, 5) is 22.5. The van der Waals surface area contributed by atoms with E-state index in [-0.39, 0.29) is 19.6 Å². The topological polar surface area (TPSA) is 151 Å². The predicted octanol–water partition coefficient (Wildman–Crippen LogP) is 7.80. The van der Waals surface area contributed by atoms with Crippen LogP contribution in [0.15, 0.2) is 36.5 Å². The van der Waals surface area contributed by atoms with E-state index in [2.05, 4.69) is 43.5 Å². The number of amides is 1. The zero-order valence-corrected chi connectivity index (χ0v) is 29.4. The largest absolute Gasteiger partial charge is 0.472 e. The average Bonchev–Trinajstić information content (AvgIpc) is 3.01. The maximum atomic E-state index is 12.7. The highest BCUT2D eigenvalue weighted by Gasteiger charge is 2.27. The molecule has 0 aliphatic rings. The van der Waals surface area contributed by atoms with E-state index in [0.717, 1.165) is 57.8 Å². The number of allylic oxidation sites excluding steroid dienone is 5. The van der Waals surface area contributed by atoms with Gasteiger partial charge in [-0.05, 0) is 51.4 Å². The fourth-order valence-corrected chi connectivity index (χ4v) is 5.52. The van der Waals surface area contributed by atoms with Gasteiger partial charge in [-0.1, -0.05) is 121 Å². The third-order valence-corrected chi connectivity index (χ3v) is 8.48. The lowest BCUT2D eigenvalue weighted by Gasteiger charge is -2.24. The molecule has 10 heteroatoms. The summed E-state index contributed by atoms with van der Waals surface area (Å²) in [7, 11) is -4.39. The van der Waals surface area contributed by atoms with E-state index < -0.39 is 38.6 Å². The van der Waals surface area contributed by atoms with E-state index in [4.69, 9.17) is 14.8 Å². The summed E-state index contributed by atoms with van der Waals surface area (Å²) in [6, 6.07) is -0.997. The Balaban J connectivity index is 4.42. The molecule has 0 aliphatic carbocycles. The highest BCUT2D eigenvalue weighted by molar-refractivity contribution is 7.47. The molecular weight excluding hydrogens is 591 g/mol. The summed E-state index contributed by atoms with van der Waals surface area (Å²) in [5.74, 6) is -0.467. The van der Waals surface area contributed by atoms with Gasteiger partial charge in [0.15, 0.2) is 0 Å². The highest BCUT2D eigenvalue weighted by Crippen LogP contribution is 2.43. The number of carbonyl (C=O) groups excluding carboxylic acids is 1. The molecule has 4 atom stereocenters. The minimum atomic E-state index is -4.39. The van der Waals surface area contributed by atoms with E-state index in [1.165, 1.54) is 51.4 Å². The smallest absolute Gasteiger partial charge is 0.393 e. The van der Waals surface area contributed by atoms with Gasteiger partial charge in [-0.3, -0.25) is 13.8 Å². The number of phosphoric ester groups is 1. The van der Waals surface area contributed by atoms with Crippen LogP contribution in [0.1, 0.15) is 142 Å². The van der Waals surface area contributed by atoms with Crippen molar-refractivity contribution in [2.24, 2.45) is 5.73 Å². The van der Waals surface area contributed by atoms with Crippen molar-refractivity contribution >= 4 is 13.7 Å². The van der Waals surface area contributed by atoms with Gasteiger partial charge in [-0.15, -0.1) is 0 Å². The van der Waals surface area contributed by atoms with Crippen molar-refractivity contribution < 1.29 is 33.5 Å². The molecule has 0 radical (unpaired) electrons. The van der Waals surface area contributed by atoms with Crippen LogP contribution in [-0.4, -0.2) is 59.0 Å². The number of hydrogen-bond acceptors (Lipinski definition) is 7. The Morgan fingerprint density at radius 3 is 1.91 bits per heavy atom. The van der Waals surface area contributed by atoms with E-state index in [1.54, 1.807) is 12.2 Å². The molecule has 0 fully saturated rings. The van der Waals surface area contributed by atoms with Gasteiger partial charge in [-0.2, -0.15) is 0 Å². The van der Waals surface area contributed by atoms with Crippen LogP contribution in [0.3, 0.4) is 0 Å². The molecule has 0 heterocycles. The second-order valence-electron chi connectivity index (χ2n) is 11.9. The van der Waals surface area contributed by atoms with Crippen molar-refractivity contribution in [2.45, 2.75) is 161 Å². The number of phosphoric acid groups is 1. The Kier molecular flexibility index (Phi) is 30.4. The first-order valence-corrected chi connectivity index (χ1v) is 19.2. The number of aliphatic hydroxyl groups is 2. The second-order valence-corrected chi connectivity index (χ2v) is 13.4. The van der Waals surface area contributed by atoms with Gasteiger partial charge in [0.25, 0.3) is 0 Å². The van der Waals surface area contributed by atoms with E-state index in [0.29, 0.717) is 12.8 Å². The number of aliphatic hydroxyl groups excluding tert-OH is 2. The van der Waals surface area contributed by atoms with Crippen LogP contribution in [0.4, 0.5) is 0 Å². The van der Waals surface area contributed by atoms with Crippen LogP contribution in [0.25, 0.3) is 0 Å². The van der Waals surface area contributed by atoms with Crippen molar-refractivity contribution in [1.29, 1.82) is 0 Å². The van der Waals surface area contributed by atoms with Crippen LogP contribution in [0.5, 0.6) is 0 Å². The SMILES string of the molecule is CCCC/C=C/CC/C=C/C(O)C(COP(=O)(O)OCCN)NC(=O)CC(O)CCCCCCC/C=C\CCCCCCCC. The first kappa shape index (κ1) is 43.7. The molecule has 0 aromatic carbocycles. The number of rotatable bonds is 32. The van der Waals surface area contributed by atoms with Gasteiger partial charge in [0.2, 0.25) is 5.91 Å².